The molecule has 1 N–H and O–H groups in total. The largest absolute Gasteiger partial charge is 0.354 e. The van der Waals surface area contributed by atoms with Crippen molar-refractivity contribution >= 4 is 58.4 Å². The molecule has 4 nitrogen and oxygen atoms in total. The van der Waals surface area contributed by atoms with E-state index in [2.05, 4.69) is 45.6 Å². The molecule has 0 spiro atoms. The number of fused-ring (bicyclic) bond motifs is 1. The van der Waals surface area contributed by atoms with Gasteiger partial charge < -0.3 is 5.32 Å². The first-order valence-corrected chi connectivity index (χ1v) is 10.7. The number of hydrogen-bond acceptors (Lipinski definition) is 4. The number of thioether (sulfide) groups is 1. The summed E-state index contributed by atoms with van der Waals surface area (Å²) in [6.45, 7) is 0.704. The number of hydrogen-bond donors (Lipinski definition) is 1. The molecule has 1 aliphatic heterocycles. The minimum Gasteiger partial charge on any atom is -0.354 e. The molecular formula is C23H25Cl2N3OS. The zero-order valence-corrected chi connectivity index (χ0v) is 18.9. The van der Waals surface area contributed by atoms with Crippen LogP contribution in [0.4, 0.5) is 0 Å². The number of carbonyl (C=O) groups is 1. The molecule has 1 unspecified atom stereocenters. The molecule has 1 aliphatic rings. The molecule has 0 saturated carbocycles. The van der Waals surface area contributed by atoms with Crippen LogP contribution in [0.5, 0.6) is 0 Å². The smallest absolute Gasteiger partial charge is 0.245 e. The van der Waals surface area contributed by atoms with Crippen molar-refractivity contribution in [3.63, 3.8) is 0 Å². The Kier molecular flexibility index (Phi) is 9.63. The lowest BCUT2D eigenvalue weighted by molar-refractivity contribution is -0.121. The van der Waals surface area contributed by atoms with E-state index >= 15 is 0 Å². The topological polar surface area (TPSA) is 54.4 Å². The highest BCUT2D eigenvalue weighted by Crippen LogP contribution is 2.25. The molecule has 30 heavy (non-hydrogen) atoms. The third kappa shape index (κ3) is 6.21. The number of aromatic nitrogens is 1. The average molecular weight is 462 g/mol. The van der Waals surface area contributed by atoms with Crippen molar-refractivity contribution in [3.05, 3.63) is 78.0 Å². The molecule has 1 aromatic heterocycles. The first kappa shape index (κ1) is 24.2. The fourth-order valence-corrected chi connectivity index (χ4v) is 4.30. The number of nitrogens with one attached hydrogen (secondary N) is 1. The van der Waals surface area contributed by atoms with Gasteiger partial charge >= 0.3 is 0 Å². The Morgan fingerprint density at radius 1 is 1.03 bits per heavy atom. The minimum atomic E-state index is -0.305. The number of para-hydroxylation sites is 1. The standard InChI is InChI=1S/C23H23N3OS.2ClH/c27-22(24-13-7-6-10-17-8-2-1-3-9-17)21-16-28-23(26-21)19-14-18-11-4-5-12-20(18)25-15-19;;/h1-5,8-9,11-12,14-15,21H,6-7,10,13,16H2,(H,24,27);2*1H. The van der Waals surface area contributed by atoms with Crippen molar-refractivity contribution in [1.82, 2.24) is 10.3 Å². The van der Waals surface area contributed by atoms with Crippen LogP contribution in [0, 0.1) is 0 Å². The summed E-state index contributed by atoms with van der Waals surface area (Å²) in [5.74, 6) is 0.717. The number of unbranched alkanes of at least 4 members (excludes halogenated alkanes) is 1. The first-order chi connectivity index (χ1) is 13.8. The van der Waals surface area contributed by atoms with Gasteiger partial charge in [-0.15, -0.1) is 36.6 Å². The van der Waals surface area contributed by atoms with Gasteiger partial charge in [-0.3, -0.25) is 14.8 Å². The second-order valence-electron chi connectivity index (χ2n) is 6.91. The number of halogens is 2. The van der Waals surface area contributed by atoms with E-state index in [4.69, 9.17) is 0 Å². The number of nitrogens with zero attached hydrogens (tertiary/aromatic N) is 2. The normalized spacial score (nSPS) is 15.1. The summed E-state index contributed by atoms with van der Waals surface area (Å²) >= 11 is 1.63. The number of aliphatic imine (C=N–C) groups is 1. The zero-order chi connectivity index (χ0) is 19.2. The van der Waals surface area contributed by atoms with Gasteiger partial charge in [0.05, 0.1) is 5.52 Å². The Balaban J connectivity index is 0.00000160. The Morgan fingerprint density at radius 3 is 2.63 bits per heavy atom. The van der Waals surface area contributed by atoms with Crippen molar-refractivity contribution in [3.8, 4) is 0 Å². The summed E-state index contributed by atoms with van der Waals surface area (Å²) in [5, 5.41) is 5.03. The van der Waals surface area contributed by atoms with Crippen LogP contribution in [0.15, 0.2) is 71.9 Å². The molecule has 2 heterocycles. The van der Waals surface area contributed by atoms with Gasteiger partial charge in [0.2, 0.25) is 5.91 Å². The molecule has 0 aliphatic carbocycles. The van der Waals surface area contributed by atoms with Crippen molar-refractivity contribution in [2.45, 2.75) is 25.3 Å². The SMILES string of the molecule is Cl.Cl.O=C(NCCCCc1ccccc1)C1CSC(c2cnc3ccccc3c2)=N1. The summed E-state index contributed by atoms with van der Waals surface area (Å²) in [5.41, 5.74) is 3.31. The highest BCUT2D eigenvalue weighted by Gasteiger charge is 2.25. The van der Waals surface area contributed by atoms with Crippen LogP contribution in [0.2, 0.25) is 0 Å². The highest BCUT2D eigenvalue weighted by atomic mass is 35.5. The van der Waals surface area contributed by atoms with E-state index in [9.17, 15) is 4.79 Å². The van der Waals surface area contributed by atoms with E-state index in [1.165, 1.54) is 5.56 Å². The maximum absolute atomic E-state index is 12.4. The monoisotopic (exact) mass is 461 g/mol. The molecule has 3 aromatic rings. The predicted molar refractivity (Wildman–Crippen MR) is 131 cm³/mol. The molecule has 0 fully saturated rings. The van der Waals surface area contributed by atoms with Crippen molar-refractivity contribution in [2.24, 2.45) is 4.99 Å². The molecule has 0 saturated heterocycles. The van der Waals surface area contributed by atoms with E-state index in [1.807, 2.05) is 36.5 Å². The Bertz CT molecular complexity index is 998. The molecule has 2 aromatic carbocycles. The molecule has 158 valence electrons. The van der Waals surface area contributed by atoms with Gasteiger partial charge in [-0.05, 0) is 37.0 Å². The van der Waals surface area contributed by atoms with Crippen LogP contribution in [-0.2, 0) is 11.2 Å². The van der Waals surface area contributed by atoms with Crippen molar-refractivity contribution < 1.29 is 4.79 Å². The molecular weight excluding hydrogens is 437 g/mol. The average Bonchev–Trinajstić information content (AvgIpc) is 3.24. The molecule has 0 radical (unpaired) electrons. The van der Waals surface area contributed by atoms with Crippen LogP contribution in [0.3, 0.4) is 0 Å². The van der Waals surface area contributed by atoms with Crippen LogP contribution in [0.1, 0.15) is 24.0 Å². The third-order valence-corrected chi connectivity index (χ3v) is 5.92. The second-order valence-corrected chi connectivity index (χ2v) is 7.92. The van der Waals surface area contributed by atoms with Crippen LogP contribution < -0.4 is 5.32 Å². The van der Waals surface area contributed by atoms with Crippen LogP contribution in [0.25, 0.3) is 10.9 Å². The summed E-state index contributed by atoms with van der Waals surface area (Å²) in [6.07, 6.45) is 4.94. The third-order valence-electron chi connectivity index (χ3n) is 4.83. The number of benzene rings is 2. The maximum Gasteiger partial charge on any atom is 0.245 e. The van der Waals surface area contributed by atoms with E-state index in [0.29, 0.717) is 12.3 Å². The van der Waals surface area contributed by atoms with Gasteiger partial charge in [-0.2, -0.15) is 0 Å². The van der Waals surface area contributed by atoms with E-state index in [-0.39, 0.29) is 36.8 Å². The van der Waals surface area contributed by atoms with E-state index in [0.717, 1.165) is 40.8 Å². The quantitative estimate of drug-likeness (QED) is 0.499. The lowest BCUT2D eigenvalue weighted by Gasteiger charge is -2.08. The summed E-state index contributed by atoms with van der Waals surface area (Å²) in [7, 11) is 0. The minimum absolute atomic E-state index is 0. The number of carbonyl (C=O) groups excluding carboxylic acids is 1. The zero-order valence-electron chi connectivity index (χ0n) is 16.5. The molecule has 1 atom stereocenters. The number of rotatable bonds is 7. The van der Waals surface area contributed by atoms with Crippen molar-refractivity contribution in [1.29, 1.82) is 0 Å². The van der Waals surface area contributed by atoms with Gasteiger partial charge in [0, 0.05) is 29.4 Å². The summed E-state index contributed by atoms with van der Waals surface area (Å²) in [6, 6.07) is 20.3. The predicted octanol–water partition coefficient (Wildman–Crippen LogP) is 5.08. The Morgan fingerprint density at radius 2 is 1.80 bits per heavy atom. The lowest BCUT2D eigenvalue weighted by atomic mass is 10.1. The number of amides is 1. The first-order valence-electron chi connectivity index (χ1n) is 9.67. The lowest BCUT2D eigenvalue weighted by Crippen LogP contribution is -2.34. The van der Waals surface area contributed by atoms with Crippen molar-refractivity contribution in [2.75, 3.05) is 12.3 Å². The Hall–Kier alpha value is -2.08. The maximum atomic E-state index is 12.4. The van der Waals surface area contributed by atoms with Crippen LogP contribution >= 0.6 is 36.6 Å². The van der Waals surface area contributed by atoms with Gasteiger partial charge in [-0.1, -0.05) is 48.5 Å². The fourth-order valence-electron chi connectivity index (χ4n) is 3.28. The molecule has 1 amide bonds. The molecule has 7 heteroatoms. The van der Waals surface area contributed by atoms with Gasteiger partial charge in [0.1, 0.15) is 11.1 Å². The van der Waals surface area contributed by atoms with Gasteiger partial charge in [-0.25, -0.2) is 0 Å². The summed E-state index contributed by atoms with van der Waals surface area (Å²) < 4.78 is 0. The van der Waals surface area contributed by atoms with Gasteiger partial charge in [0.15, 0.2) is 0 Å². The van der Waals surface area contributed by atoms with E-state index in [1.54, 1.807) is 11.8 Å². The highest BCUT2D eigenvalue weighted by molar-refractivity contribution is 8.14. The van der Waals surface area contributed by atoms with Crippen LogP contribution in [-0.4, -0.2) is 34.3 Å². The number of aryl methyl sites for hydroxylation is 1. The van der Waals surface area contributed by atoms with Gasteiger partial charge in [0.25, 0.3) is 0 Å². The Labute approximate surface area is 193 Å². The number of pyridine rings is 1. The molecule has 0 bridgehead atoms. The second kappa shape index (κ2) is 11.9. The fraction of sp³-hybridized carbons (Fsp3) is 0.261. The van der Waals surface area contributed by atoms with E-state index < -0.39 is 0 Å². The summed E-state index contributed by atoms with van der Waals surface area (Å²) in [4.78, 5) is 21.6. The molecule has 4 rings (SSSR count).